The largest absolute Gasteiger partial charge is 0.396 e. The quantitative estimate of drug-likeness (QED) is 0.698. The topological polar surface area (TPSA) is 40.5 Å². The number of hydrogen-bond donors (Lipinski definition) is 1. The van der Waals surface area contributed by atoms with Crippen molar-refractivity contribution in [2.75, 3.05) is 13.2 Å². The lowest BCUT2D eigenvalue weighted by Gasteiger charge is -2.40. The highest BCUT2D eigenvalue weighted by Crippen LogP contribution is 2.27. The number of aliphatic hydroxyl groups is 1. The number of nitrogens with zero attached hydrogens (tertiary/aromatic N) is 1. The van der Waals surface area contributed by atoms with Crippen LogP contribution in [0.5, 0.6) is 0 Å². The van der Waals surface area contributed by atoms with Crippen LogP contribution in [0.4, 0.5) is 0 Å². The highest BCUT2D eigenvalue weighted by Gasteiger charge is 2.30. The van der Waals surface area contributed by atoms with Crippen molar-refractivity contribution in [1.29, 1.82) is 0 Å². The summed E-state index contributed by atoms with van der Waals surface area (Å²) in [7, 11) is 0. The molecule has 0 bridgehead atoms. The van der Waals surface area contributed by atoms with Crippen molar-refractivity contribution in [3.05, 3.63) is 0 Å². The maximum absolute atomic E-state index is 11.7. The van der Waals surface area contributed by atoms with Crippen LogP contribution >= 0.6 is 0 Å². The van der Waals surface area contributed by atoms with Crippen LogP contribution in [0.15, 0.2) is 0 Å². The average Bonchev–Trinajstić information content (AvgIpc) is 2.19. The number of carbonyl (C=O) groups is 1. The van der Waals surface area contributed by atoms with Gasteiger partial charge in [-0.05, 0) is 26.2 Å². The first-order valence-electron chi connectivity index (χ1n) is 6.10. The van der Waals surface area contributed by atoms with Gasteiger partial charge in [0.15, 0.2) is 0 Å². The molecule has 1 aliphatic rings. The number of hydrogen-bond acceptors (Lipinski definition) is 3. The minimum atomic E-state index is 0.0341. The van der Waals surface area contributed by atoms with Gasteiger partial charge in [0.1, 0.15) is 5.78 Å². The van der Waals surface area contributed by atoms with Crippen LogP contribution in [-0.2, 0) is 4.79 Å². The van der Waals surface area contributed by atoms with Crippen LogP contribution in [0.1, 0.15) is 46.0 Å². The molecule has 0 spiro atoms. The summed E-state index contributed by atoms with van der Waals surface area (Å²) < 4.78 is 0. The Kier molecular flexibility index (Phi) is 5.26. The molecular weight excluding hydrogens is 190 g/mol. The van der Waals surface area contributed by atoms with Gasteiger partial charge in [-0.1, -0.05) is 13.3 Å². The molecule has 88 valence electrons. The molecule has 0 aromatic carbocycles. The summed E-state index contributed by atoms with van der Waals surface area (Å²) >= 11 is 0. The lowest BCUT2D eigenvalue weighted by Crippen LogP contribution is -2.49. The predicted molar refractivity (Wildman–Crippen MR) is 60.8 cm³/mol. The standard InChI is InChI=1S/C12H23NO2/c1-3-12(15)10(2)13(8-5-9-14)11-6-4-7-11/h10-11,14H,3-9H2,1-2H3. The first-order valence-corrected chi connectivity index (χ1v) is 6.10. The fraction of sp³-hybridized carbons (Fsp3) is 0.917. The first kappa shape index (κ1) is 12.7. The maximum atomic E-state index is 11.7. The van der Waals surface area contributed by atoms with Crippen LogP contribution in [-0.4, -0.2) is 41.0 Å². The fourth-order valence-electron chi connectivity index (χ4n) is 2.14. The van der Waals surface area contributed by atoms with Gasteiger partial charge in [0.2, 0.25) is 0 Å². The van der Waals surface area contributed by atoms with Crippen LogP contribution < -0.4 is 0 Å². The second-order valence-corrected chi connectivity index (χ2v) is 4.40. The van der Waals surface area contributed by atoms with Crippen molar-refractivity contribution in [2.45, 2.75) is 58.0 Å². The third kappa shape index (κ3) is 3.28. The maximum Gasteiger partial charge on any atom is 0.149 e. The minimum absolute atomic E-state index is 0.0341. The molecule has 0 saturated heterocycles. The van der Waals surface area contributed by atoms with Crippen molar-refractivity contribution in [1.82, 2.24) is 4.90 Å². The van der Waals surface area contributed by atoms with Crippen LogP contribution in [0.25, 0.3) is 0 Å². The van der Waals surface area contributed by atoms with Crippen molar-refractivity contribution in [2.24, 2.45) is 0 Å². The lowest BCUT2D eigenvalue weighted by atomic mass is 9.89. The Labute approximate surface area is 92.5 Å². The van der Waals surface area contributed by atoms with E-state index >= 15 is 0 Å². The molecular formula is C12H23NO2. The highest BCUT2D eigenvalue weighted by atomic mass is 16.3. The van der Waals surface area contributed by atoms with Crippen molar-refractivity contribution in [3.8, 4) is 0 Å². The number of rotatable bonds is 7. The summed E-state index contributed by atoms with van der Waals surface area (Å²) in [5, 5.41) is 8.85. The van der Waals surface area contributed by atoms with Gasteiger partial charge in [-0.2, -0.15) is 0 Å². The molecule has 0 radical (unpaired) electrons. The third-order valence-corrected chi connectivity index (χ3v) is 3.43. The van der Waals surface area contributed by atoms with E-state index in [-0.39, 0.29) is 12.6 Å². The molecule has 0 aliphatic heterocycles. The van der Waals surface area contributed by atoms with Crippen LogP contribution in [0.3, 0.4) is 0 Å². The molecule has 0 amide bonds. The molecule has 3 heteroatoms. The summed E-state index contributed by atoms with van der Waals surface area (Å²) in [6.45, 7) is 5.00. The summed E-state index contributed by atoms with van der Waals surface area (Å²) in [6, 6.07) is 0.619. The first-order chi connectivity index (χ1) is 7.20. The molecule has 1 unspecified atom stereocenters. The van der Waals surface area contributed by atoms with Gasteiger partial charge < -0.3 is 5.11 Å². The molecule has 1 rings (SSSR count). The Balaban J connectivity index is 2.49. The van der Waals surface area contributed by atoms with E-state index in [9.17, 15) is 4.79 Å². The smallest absolute Gasteiger partial charge is 0.149 e. The minimum Gasteiger partial charge on any atom is -0.396 e. The van der Waals surface area contributed by atoms with Gasteiger partial charge in [0, 0.05) is 25.6 Å². The molecule has 0 heterocycles. The van der Waals surface area contributed by atoms with E-state index in [0.29, 0.717) is 18.2 Å². The van der Waals surface area contributed by atoms with Gasteiger partial charge in [-0.15, -0.1) is 0 Å². The summed E-state index contributed by atoms with van der Waals surface area (Å²) in [6.07, 6.45) is 5.11. The number of carbonyl (C=O) groups excluding carboxylic acids is 1. The highest BCUT2D eigenvalue weighted by molar-refractivity contribution is 5.83. The van der Waals surface area contributed by atoms with Crippen LogP contribution in [0, 0.1) is 0 Å². The van der Waals surface area contributed by atoms with Crippen LogP contribution in [0.2, 0.25) is 0 Å². The zero-order chi connectivity index (χ0) is 11.3. The number of aliphatic hydroxyl groups excluding tert-OH is 1. The van der Waals surface area contributed by atoms with E-state index in [4.69, 9.17) is 5.11 Å². The second kappa shape index (κ2) is 6.23. The molecule has 1 N–H and O–H groups in total. The van der Waals surface area contributed by atoms with E-state index < -0.39 is 0 Å². The molecule has 1 aliphatic carbocycles. The monoisotopic (exact) mass is 213 g/mol. The summed E-state index contributed by atoms with van der Waals surface area (Å²) in [5.41, 5.74) is 0. The zero-order valence-electron chi connectivity index (χ0n) is 9.91. The predicted octanol–water partition coefficient (Wildman–Crippen LogP) is 1.59. The second-order valence-electron chi connectivity index (χ2n) is 4.40. The van der Waals surface area contributed by atoms with Crippen molar-refractivity contribution >= 4 is 5.78 Å². The molecule has 1 fully saturated rings. The van der Waals surface area contributed by atoms with Gasteiger partial charge >= 0.3 is 0 Å². The molecule has 3 nitrogen and oxygen atoms in total. The Hall–Kier alpha value is -0.410. The van der Waals surface area contributed by atoms with Gasteiger partial charge in [-0.25, -0.2) is 0 Å². The number of Topliss-reactive ketones (excluding diaryl/α,β-unsaturated/α-hetero) is 1. The Morgan fingerprint density at radius 3 is 2.60 bits per heavy atom. The molecule has 15 heavy (non-hydrogen) atoms. The number of ketones is 1. The lowest BCUT2D eigenvalue weighted by molar-refractivity contribution is -0.125. The molecule has 1 saturated carbocycles. The van der Waals surface area contributed by atoms with E-state index in [0.717, 1.165) is 13.0 Å². The third-order valence-electron chi connectivity index (χ3n) is 3.43. The van der Waals surface area contributed by atoms with E-state index in [2.05, 4.69) is 4.90 Å². The summed E-state index contributed by atoms with van der Waals surface area (Å²) in [5.74, 6) is 0.319. The van der Waals surface area contributed by atoms with E-state index in [1.165, 1.54) is 19.3 Å². The normalized spacial score (nSPS) is 18.9. The SMILES string of the molecule is CCC(=O)C(C)N(CCCO)C1CCC1. The van der Waals surface area contributed by atoms with Gasteiger partial charge in [-0.3, -0.25) is 9.69 Å². The van der Waals surface area contributed by atoms with E-state index in [1.807, 2.05) is 13.8 Å². The molecule has 0 aromatic rings. The molecule has 1 atom stereocenters. The fourth-order valence-corrected chi connectivity index (χ4v) is 2.14. The Bertz CT molecular complexity index is 202. The van der Waals surface area contributed by atoms with E-state index in [1.54, 1.807) is 0 Å². The van der Waals surface area contributed by atoms with Crippen molar-refractivity contribution < 1.29 is 9.90 Å². The average molecular weight is 213 g/mol. The molecule has 0 aromatic heterocycles. The Morgan fingerprint density at radius 1 is 1.53 bits per heavy atom. The van der Waals surface area contributed by atoms with Crippen molar-refractivity contribution in [3.63, 3.8) is 0 Å². The summed E-state index contributed by atoms with van der Waals surface area (Å²) in [4.78, 5) is 13.9. The zero-order valence-corrected chi connectivity index (χ0v) is 9.91. The van der Waals surface area contributed by atoms with Gasteiger partial charge in [0.05, 0.1) is 6.04 Å². The Morgan fingerprint density at radius 2 is 2.20 bits per heavy atom. The van der Waals surface area contributed by atoms with Gasteiger partial charge in [0.25, 0.3) is 0 Å².